The summed E-state index contributed by atoms with van der Waals surface area (Å²) in [5.74, 6) is 0.458. The molecule has 0 saturated carbocycles. The molecule has 0 radical (unpaired) electrons. The molecule has 23 heavy (non-hydrogen) atoms. The topological polar surface area (TPSA) is 62.1 Å². The maximum absolute atomic E-state index is 12.2. The van der Waals surface area contributed by atoms with Crippen LogP contribution in [0, 0.1) is 11.3 Å². The summed E-state index contributed by atoms with van der Waals surface area (Å²) in [5, 5.41) is 12.0. The van der Waals surface area contributed by atoms with Gasteiger partial charge in [0.2, 0.25) is 0 Å². The highest BCUT2D eigenvalue weighted by Gasteiger charge is 2.15. The molecule has 0 aromatic heterocycles. The number of hydrogen-bond acceptors (Lipinski definition) is 3. The number of nitrogens with one attached hydrogen (secondary N) is 1. The lowest BCUT2D eigenvalue weighted by atomic mass is 10.1. The Morgan fingerprint density at radius 1 is 1.17 bits per heavy atom. The maximum Gasteiger partial charge on any atom is 0.251 e. The second kappa shape index (κ2) is 6.97. The van der Waals surface area contributed by atoms with E-state index in [0.717, 1.165) is 5.56 Å². The number of rotatable bonds is 4. The number of benzene rings is 2. The number of ether oxygens (including phenoxy) is 1. The van der Waals surface area contributed by atoms with Crippen LogP contribution in [0.2, 0.25) is 0 Å². The fourth-order valence-corrected chi connectivity index (χ4v) is 2.06. The zero-order chi connectivity index (χ0) is 16.9. The zero-order valence-electron chi connectivity index (χ0n) is 13.6. The molecule has 4 heteroatoms. The predicted molar refractivity (Wildman–Crippen MR) is 89.2 cm³/mol. The number of carbonyl (C=O) groups excluding carboxylic acids is 1. The summed E-state index contributed by atoms with van der Waals surface area (Å²) in [6, 6.07) is 16.5. The highest BCUT2D eigenvalue weighted by atomic mass is 16.5. The molecule has 0 spiro atoms. The van der Waals surface area contributed by atoms with E-state index in [1.165, 1.54) is 0 Å². The molecule has 0 atom stereocenters. The van der Waals surface area contributed by atoms with Crippen molar-refractivity contribution in [3.63, 3.8) is 0 Å². The molecule has 0 aliphatic carbocycles. The highest BCUT2D eigenvalue weighted by Crippen LogP contribution is 2.17. The summed E-state index contributed by atoms with van der Waals surface area (Å²) < 4.78 is 5.72. The van der Waals surface area contributed by atoms with Crippen molar-refractivity contribution in [1.29, 1.82) is 5.26 Å². The number of nitrogens with zero attached hydrogens (tertiary/aromatic N) is 1. The standard InChI is InChI=1S/C19H20N2O2/c1-19(2,3)21-18(22)14-9-6-10-17(11-14)23-13-16-8-5-4-7-15(16)12-20/h4-11H,13H2,1-3H3,(H,21,22). The van der Waals surface area contributed by atoms with Gasteiger partial charge in [0, 0.05) is 16.7 Å². The van der Waals surface area contributed by atoms with Crippen LogP contribution in [-0.4, -0.2) is 11.4 Å². The van der Waals surface area contributed by atoms with Gasteiger partial charge in [0.25, 0.3) is 5.91 Å². The minimum Gasteiger partial charge on any atom is -0.489 e. The molecule has 1 N–H and O–H groups in total. The van der Waals surface area contributed by atoms with Gasteiger partial charge in [-0.3, -0.25) is 4.79 Å². The van der Waals surface area contributed by atoms with E-state index in [9.17, 15) is 4.79 Å². The van der Waals surface area contributed by atoms with E-state index in [2.05, 4.69) is 11.4 Å². The molecule has 0 heterocycles. The summed E-state index contributed by atoms with van der Waals surface area (Å²) >= 11 is 0. The van der Waals surface area contributed by atoms with Crippen LogP contribution >= 0.6 is 0 Å². The van der Waals surface area contributed by atoms with Crippen LogP contribution in [0.5, 0.6) is 5.75 Å². The first-order valence-corrected chi connectivity index (χ1v) is 7.42. The molecule has 0 saturated heterocycles. The highest BCUT2D eigenvalue weighted by molar-refractivity contribution is 5.95. The first-order valence-electron chi connectivity index (χ1n) is 7.42. The number of carbonyl (C=O) groups is 1. The zero-order valence-corrected chi connectivity index (χ0v) is 13.6. The Labute approximate surface area is 136 Å². The molecule has 4 nitrogen and oxygen atoms in total. The average molecular weight is 308 g/mol. The second-order valence-electron chi connectivity index (χ2n) is 6.29. The van der Waals surface area contributed by atoms with Gasteiger partial charge < -0.3 is 10.1 Å². The monoisotopic (exact) mass is 308 g/mol. The fraction of sp³-hybridized carbons (Fsp3) is 0.263. The largest absolute Gasteiger partial charge is 0.489 e. The van der Waals surface area contributed by atoms with Crippen molar-refractivity contribution >= 4 is 5.91 Å². The molecule has 0 bridgehead atoms. The molecule has 2 aromatic carbocycles. The van der Waals surface area contributed by atoms with Gasteiger partial charge in [-0.1, -0.05) is 24.3 Å². The quantitative estimate of drug-likeness (QED) is 0.937. The summed E-state index contributed by atoms with van der Waals surface area (Å²) in [6.07, 6.45) is 0. The normalized spacial score (nSPS) is 10.7. The van der Waals surface area contributed by atoms with Crippen molar-refractivity contribution in [2.45, 2.75) is 32.9 Å². The molecule has 118 valence electrons. The Kier molecular flexibility index (Phi) is 5.02. The first-order chi connectivity index (χ1) is 10.9. The Hall–Kier alpha value is -2.80. The van der Waals surface area contributed by atoms with Crippen molar-refractivity contribution < 1.29 is 9.53 Å². The van der Waals surface area contributed by atoms with Crippen LogP contribution in [0.4, 0.5) is 0 Å². The number of hydrogen-bond donors (Lipinski definition) is 1. The van der Waals surface area contributed by atoms with Gasteiger partial charge in [0.1, 0.15) is 12.4 Å². The van der Waals surface area contributed by atoms with Crippen LogP contribution in [0.15, 0.2) is 48.5 Å². The molecule has 1 amide bonds. The SMILES string of the molecule is CC(C)(C)NC(=O)c1cccc(OCc2ccccc2C#N)c1. The van der Waals surface area contributed by atoms with E-state index in [0.29, 0.717) is 16.9 Å². The molecular weight excluding hydrogens is 288 g/mol. The van der Waals surface area contributed by atoms with Crippen LogP contribution < -0.4 is 10.1 Å². The van der Waals surface area contributed by atoms with Crippen molar-refractivity contribution in [3.8, 4) is 11.8 Å². The third-order valence-electron chi connectivity index (χ3n) is 3.12. The first kappa shape index (κ1) is 16.6. The van der Waals surface area contributed by atoms with Gasteiger partial charge in [-0.25, -0.2) is 0 Å². The molecular formula is C19H20N2O2. The van der Waals surface area contributed by atoms with Gasteiger partial charge in [0.05, 0.1) is 11.6 Å². The van der Waals surface area contributed by atoms with Gasteiger partial charge in [-0.2, -0.15) is 5.26 Å². The summed E-state index contributed by atoms with van der Waals surface area (Å²) in [6.45, 7) is 6.09. The van der Waals surface area contributed by atoms with Crippen molar-refractivity contribution in [1.82, 2.24) is 5.32 Å². The Morgan fingerprint density at radius 3 is 2.61 bits per heavy atom. The van der Waals surface area contributed by atoms with E-state index in [1.54, 1.807) is 30.3 Å². The Balaban J connectivity index is 2.09. The number of amides is 1. The lowest BCUT2D eigenvalue weighted by molar-refractivity contribution is 0.0919. The molecule has 0 aliphatic heterocycles. The minimum atomic E-state index is -0.292. The Morgan fingerprint density at radius 2 is 1.91 bits per heavy atom. The second-order valence-corrected chi connectivity index (χ2v) is 6.29. The van der Waals surface area contributed by atoms with Crippen LogP contribution in [0.1, 0.15) is 42.3 Å². The van der Waals surface area contributed by atoms with Gasteiger partial charge in [-0.15, -0.1) is 0 Å². The van der Waals surface area contributed by atoms with Crippen molar-refractivity contribution in [3.05, 3.63) is 65.2 Å². The van der Waals surface area contributed by atoms with E-state index in [-0.39, 0.29) is 18.1 Å². The molecule has 2 aromatic rings. The lowest BCUT2D eigenvalue weighted by Gasteiger charge is -2.20. The van der Waals surface area contributed by atoms with E-state index >= 15 is 0 Å². The predicted octanol–water partition coefficient (Wildman–Crippen LogP) is 3.67. The van der Waals surface area contributed by atoms with Gasteiger partial charge in [-0.05, 0) is 45.0 Å². The fourth-order valence-electron chi connectivity index (χ4n) is 2.06. The lowest BCUT2D eigenvalue weighted by Crippen LogP contribution is -2.40. The van der Waals surface area contributed by atoms with E-state index in [4.69, 9.17) is 10.00 Å². The molecule has 0 fully saturated rings. The molecule has 0 aliphatic rings. The van der Waals surface area contributed by atoms with E-state index < -0.39 is 0 Å². The van der Waals surface area contributed by atoms with Crippen molar-refractivity contribution in [2.75, 3.05) is 0 Å². The molecule has 0 unspecified atom stereocenters. The third-order valence-corrected chi connectivity index (χ3v) is 3.12. The summed E-state index contributed by atoms with van der Waals surface area (Å²) in [5.41, 5.74) is 1.67. The van der Waals surface area contributed by atoms with Crippen molar-refractivity contribution in [2.24, 2.45) is 0 Å². The number of nitriles is 1. The van der Waals surface area contributed by atoms with Crippen LogP contribution in [0.25, 0.3) is 0 Å². The minimum absolute atomic E-state index is 0.139. The Bertz CT molecular complexity index is 740. The third kappa shape index (κ3) is 4.86. The summed E-state index contributed by atoms with van der Waals surface area (Å²) in [7, 11) is 0. The maximum atomic E-state index is 12.2. The summed E-state index contributed by atoms with van der Waals surface area (Å²) in [4.78, 5) is 12.2. The van der Waals surface area contributed by atoms with Crippen LogP contribution in [-0.2, 0) is 6.61 Å². The van der Waals surface area contributed by atoms with Gasteiger partial charge in [0.15, 0.2) is 0 Å². The van der Waals surface area contributed by atoms with E-state index in [1.807, 2.05) is 39.0 Å². The average Bonchev–Trinajstić information content (AvgIpc) is 2.52. The smallest absolute Gasteiger partial charge is 0.251 e. The van der Waals surface area contributed by atoms with Crippen LogP contribution in [0.3, 0.4) is 0 Å². The van der Waals surface area contributed by atoms with Gasteiger partial charge >= 0.3 is 0 Å². The molecule has 2 rings (SSSR count).